The van der Waals surface area contributed by atoms with E-state index >= 15 is 0 Å². The highest BCUT2D eigenvalue weighted by molar-refractivity contribution is 6.04. The molecule has 3 rings (SSSR count). The van der Waals surface area contributed by atoms with E-state index in [2.05, 4.69) is 17.3 Å². The molecule has 27 heavy (non-hydrogen) atoms. The number of aromatic nitrogens is 2. The Balaban J connectivity index is 1.95. The van der Waals surface area contributed by atoms with Gasteiger partial charge in [-0.3, -0.25) is 9.59 Å². The molecule has 6 heteroatoms. The molecule has 2 aromatic rings. The van der Waals surface area contributed by atoms with E-state index < -0.39 is 0 Å². The summed E-state index contributed by atoms with van der Waals surface area (Å²) >= 11 is 0. The summed E-state index contributed by atoms with van der Waals surface area (Å²) in [5.41, 5.74) is 0.303. The number of amides is 1. The van der Waals surface area contributed by atoms with Crippen molar-refractivity contribution in [3.05, 3.63) is 40.3 Å². The summed E-state index contributed by atoms with van der Waals surface area (Å²) < 4.78 is 1.49. The highest BCUT2D eigenvalue weighted by atomic mass is 16.2. The minimum atomic E-state index is -0.107. The molecule has 6 nitrogen and oxygen atoms in total. The minimum absolute atomic E-state index is 0.0590. The van der Waals surface area contributed by atoms with Gasteiger partial charge in [0.1, 0.15) is 0 Å². The van der Waals surface area contributed by atoms with E-state index in [0.29, 0.717) is 28.9 Å². The van der Waals surface area contributed by atoms with Crippen LogP contribution in [0.2, 0.25) is 0 Å². The van der Waals surface area contributed by atoms with E-state index in [1.165, 1.54) is 4.68 Å². The van der Waals surface area contributed by atoms with E-state index in [4.69, 9.17) is 0 Å². The van der Waals surface area contributed by atoms with E-state index in [0.717, 1.165) is 51.7 Å². The number of aryl methyl sites for hydroxylation is 1. The van der Waals surface area contributed by atoms with Crippen molar-refractivity contribution in [1.29, 1.82) is 0 Å². The Morgan fingerprint density at radius 2 is 2.04 bits per heavy atom. The largest absolute Gasteiger partial charge is 0.337 e. The predicted molar refractivity (Wildman–Crippen MR) is 108 cm³/mol. The lowest BCUT2D eigenvalue weighted by molar-refractivity contribution is 0.0667. The van der Waals surface area contributed by atoms with Crippen molar-refractivity contribution in [3.8, 4) is 0 Å². The van der Waals surface area contributed by atoms with Gasteiger partial charge in [-0.25, -0.2) is 4.68 Å². The number of unbranched alkanes of at least 4 members (excludes halogenated alkanes) is 2. The van der Waals surface area contributed by atoms with Crippen LogP contribution in [0.5, 0.6) is 0 Å². The summed E-state index contributed by atoms with van der Waals surface area (Å²) in [4.78, 5) is 28.0. The van der Waals surface area contributed by atoms with Crippen molar-refractivity contribution in [1.82, 2.24) is 20.0 Å². The van der Waals surface area contributed by atoms with Crippen molar-refractivity contribution in [2.24, 2.45) is 5.92 Å². The first-order valence-corrected chi connectivity index (χ1v) is 10.1. The van der Waals surface area contributed by atoms with Gasteiger partial charge in [-0.15, -0.1) is 0 Å². The third-order valence-corrected chi connectivity index (χ3v) is 5.34. The van der Waals surface area contributed by atoms with Gasteiger partial charge in [0, 0.05) is 25.0 Å². The van der Waals surface area contributed by atoms with E-state index in [1.807, 2.05) is 30.1 Å². The number of likely N-dealkylation sites (tertiary alicyclic amines) is 1. The number of carbonyl (C=O) groups is 1. The molecule has 1 saturated heterocycles. The van der Waals surface area contributed by atoms with Crippen LogP contribution >= 0.6 is 0 Å². The molecule has 1 aromatic heterocycles. The molecule has 1 aliphatic rings. The van der Waals surface area contributed by atoms with Crippen LogP contribution in [0, 0.1) is 5.92 Å². The van der Waals surface area contributed by atoms with Crippen LogP contribution in [-0.4, -0.2) is 47.3 Å². The fourth-order valence-electron chi connectivity index (χ4n) is 3.91. The first kappa shape index (κ1) is 19.5. The zero-order chi connectivity index (χ0) is 19.2. The standard InChI is InChI=1S/C21H30N4O2/c1-3-4-7-13-25-20(26)18-11-6-5-10-17(18)19(23-25)21(27)24-12-8-9-16(15-24)14-22-2/h5-6,10-11,16,22H,3-4,7-9,12-15H2,1-2H3. The van der Waals surface area contributed by atoms with Crippen LogP contribution in [0.4, 0.5) is 0 Å². The molecule has 146 valence electrons. The van der Waals surface area contributed by atoms with Crippen LogP contribution in [-0.2, 0) is 6.54 Å². The fraction of sp³-hybridized carbons (Fsp3) is 0.571. The first-order valence-electron chi connectivity index (χ1n) is 10.1. The van der Waals surface area contributed by atoms with Gasteiger partial charge in [0.25, 0.3) is 11.5 Å². The Hall–Kier alpha value is -2.21. The Labute approximate surface area is 160 Å². The maximum atomic E-state index is 13.3. The van der Waals surface area contributed by atoms with Gasteiger partial charge in [-0.2, -0.15) is 5.10 Å². The van der Waals surface area contributed by atoms with Gasteiger partial charge in [-0.05, 0) is 44.8 Å². The number of fused-ring (bicyclic) bond motifs is 1. The molecule has 0 radical (unpaired) electrons. The van der Waals surface area contributed by atoms with Crippen molar-refractivity contribution >= 4 is 16.7 Å². The third-order valence-electron chi connectivity index (χ3n) is 5.34. The summed E-state index contributed by atoms with van der Waals surface area (Å²) in [7, 11) is 1.95. The number of hydrogen-bond acceptors (Lipinski definition) is 4. The minimum Gasteiger partial charge on any atom is -0.337 e. The average Bonchev–Trinajstić information content (AvgIpc) is 2.70. The molecule has 1 N–H and O–H groups in total. The van der Waals surface area contributed by atoms with E-state index in [9.17, 15) is 9.59 Å². The van der Waals surface area contributed by atoms with Gasteiger partial charge < -0.3 is 10.2 Å². The molecule has 1 aromatic carbocycles. The average molecular weight is 370 g/mol. The molecule has 1 atom stereocenters. The summed E-state index contributed by atoms with van der Waals surface area (Å²) in [6.45, 7) is 5.09. The Bertz CT molecular complexity index is 844. The number of rotatable bonds is 7. The molecule has 0 spiro atoms. The monoisotopic (exact) mass is 370 g/mol. The molecular weight excluding hydrogens is 340 g/mol. The summed E-state index contributed by atoms with van der Waals surface area (Å²) in [5, 5.41) is 8.97. The second kappa shape index (κ2) is 9.13. The number of benzene rings is 1. The van der Waals surface area contributed by atoms with Crippen molar-refractivity contribution in [3.63, 3.8) is 0 Å². The van der Waals surface area contributed by atoms with Gasteiger partial charge in [0.15, 0.2) is 5.69 Å². The Morgan fingerprint density at radius 1 is 1.26 bits per heavy atom. The number of nitrogens with zero attached hydrogens (tertiary/aromatic N) is 3. The van der Waals surface area contributed by atoms with Gasteiger partial charge >= 0.3 is 0 Å². The zero-order valence-corrected chi connectivity index (χ0v) is 16.4. The zero-order valence-electron chi connectivity index (χ0n) is 16.4. The van der Waals surface area contributed by atoms with Crippen molar-refractivity contribution in [2.75, 3.05) is 26.7 Å². The molecule has 1 amide bonds. The number of nitrogens with one attached hydrogen (secondary N) is 1. The van der Waals surface area contributed by atoms with Crippen molar-refractivity contribution in [2.45, 2.75) is 45.6 Å². The summed E-state index contributed by atoms with van der Waals surface area (Å²) in [6, 6.07) is 7.34. The summed E-state index contributed by atoms with van der Waals surface area (Å²) in [6.07, 6.45) is 5.15. The van der Waals surface area contributed by atoms with Crippen LogP contribution in [0.1, 0.15) is 49.5 Å². The second-order valence-electron chi connectivity index (χ2n) is 7.45. The van der Waals surface area contributed by atoms with Gasteiger partial charge in [-0.1, -0.05) is 38.0 Å². The fourth-order valence-corrected chi connectivity index (χ4v) is 3.91. The SMILES string of the molecule is CCCCCn1nc(C(=O)N2CCCC(CNC)C2)c2ccccc2c1=O. The maximum absolute atomic E-state index is 13.3. The molecule has 2 heterocycles. The van der Waals surface area contributed by atoms with Crippen LogP contribution < -0.4 is 10.9 Å². The molecule has 0 bridgehead atoms. The Kier molecular flexibility index (Phi) is 6.61. The van der Waals surface area contributed by atoms with Gasteiger partial charge in [0.2, 0.25) is 0 Å². The third kappa shape index (κ3) is 4.38. The van der Waals surface area contributed by atoms with E-state index in [-0.39, 0.29) is 11.5 Å². The summed E-state index contributed by atoms with van der Waals surface area (Å²) in [5.74, 6) is 0.408. The smallest absolute Gasteiger partial charge is 0.274 e. The topological polar surface area (TPSA) is 67.2 Å². The van der Waals surface area contributed by atoms with Crippen LogP contribution in [0.3, 0.4) is 0 Å². The van der Waals surface area contributed by atoms with Crippen LogP contribution in [0.25, 0.3) is 10.8 Å². The highest BCUT2D eigenvalue weighted by Gasteiger charge is 2.27. The lowest BCUT2D eigenvalue weighted by Gasteiger charge is -2.32. The number of carbonyl (C=O) groups excluding carboxylic acids is 1. The molecule has 0 saturated carbocycles. The molecule has 1 unspecified atom stereocenters. The Morgan fingerprint density at radius 3 is 2.78 bits per heavy atom. The number of hydrogen-bond donors (Lipinski definition) is 1. The van der Waals surface area contributed by atoms with Crippen LogP contribution in [0.15, 0.2) is 29.1 Å². The second-order valence-corrected chi connectivity index (χ2v) is 7.45. The van der Waals surface area contributed by atoms with E-state index in [1.54, 1.807) is 6.07 Å². The van der Waals surface area contributed by atoms with Crippen molar-refractivity contribution < 1.29 is 4.79 Å². The highest BCUT2D eigenvalue weighted by Crippen LogP contribution is 2.21. The molecule has 1 fully saturated rings. The molecule has 1 aliphatic heterocycles. The number of piperidine rings is 1. The normalized spacial score (nSPS) is 17.4. The quantitative estimate of drug-likeness (QED) is 0.761. The maximum Gasteiger partial charge on any atom is 0.274 e. The molecular formula is C21H30N4O2. The lowest BCUT2D eigenvalue weighted by atomic mass is 9.97. The predicted octanol–water partition coefficient (Wildman–Crippen LogP) is 2.66. The van der Waals surface area contributed by atoms with Gasteiger partial charge in [0.05, 0.1) is 5.39 Å². The lowest BCUT2D eigenvalue weighted by Crippen LogP contribution is -2.43. The first-order chi connectivity index (χ1) is 13.2. The molecule has 0 aliphatic carbocycles.